The summed E-state index contributed by atoms with van der Waals surface area (Å²) in [5, 5.41) is 12.8. The molecule has 0 bridgehead atoms. The van der Waals surface area contributed by atoms with E-state index in [1.165, 1.54) is 49.8 Å². The van der Waals surface area contributed by atoms with Gasteiger partial charge < -0.3 is 20.1 Å². The van der Waals surface area contributed by atoms with Gasteiger partial charge in [0.05, 0.1) is 25.5 Å². The van der Waals surface area contributed by atoms with Crippen LogP contribution in [0.2, 0.25) is 0 Å². The quantitative estimate of drug-likeness (QED) is 0.501. The van der Waals surface area contributed by atoms with Gasteiger partial charge in [-0.2, -0.15) is 18.3 Å². The molecule has 1 saturated carbocycles. The van der Waals surface area contributed by atoms with E-state index in [9.17, 15) is 22.8 Å². The number of benzene rings is 1. The minimum Gasteiger partial charge on any atom is -0.497 e. The molecule has 0 spiro atoms. The molecule has 1 aromatic carbocycles. The van der Waals surface area contributed by atoms with Gasteiger partial charge >= 0.3 is 6.18 Å². The van der Waals surface area contributed by atoms with Gasteiger partial charge in [-0.3, -0.25) is 14.6 Å². The first-order valence-electron chi connectivity index (χ1n) is 10.5. The normalized spacial score (nSPS) is 14.1. The van der Waals surface area contributed by atoms with Gasteiger partial charge in [0.25, 0.3) is 5.91 Å². The van der Waals surface area contributed by atoms with Crippen molar-refractivity contribution in [2.45, 2.75) is 31.1 Å². The average molecular weight is 487 g/mol. The molecule has 2 amide bonds. The summed E-state index contributed by atoms with van der Waals surface area (Å²) in [6.07, 6.45) is -0.980. The number of carbonyl (C=O) groups excluding carboxylic acids is 2. The Balaban J connectivity index is 1.36. The Bertz CT molecular complexity index is 1220. The summed E-state index contributed by atoms with van der Waals surface area (Å²) in [6, 6.07) is 9.40. The molecule has 1 aliphatic rings. The van der Waals surface area contributed by atoms with Crippen molar-refractivity contribution in [2.75, 3.05) is 7.11 Å². The predicted octanol–water partition coefficient (Wildman–Crippen LogP) is 3.27. The van der Waals surface area contributed by atoms with Gasteiger partial charge in [-0.1, -0.05) is 0 Å². The third-order valence-corrected chi connectivity index (χ3v) is 5.29. The van der Waals surface area contributed by atoms with Crippen LogP contribution in [0.5, 0.6) is 17.2 Å². The number of hydrogen-bond donors (Lipinski definition) is 2. The molecule has 0 radical (unpaired) electrons. The van der Waals surface area contributed by atoms with E-state index in [-0.39, 0.29) is 29.6 Å². The highest BCUT2D eigenvalue weighted by atomic mass is 19.4. The van der Waals surface area contributed by atoms with E-state index in [0.29, 0.717) is 18.5 Å². The molecule has 182 valence electrons. The molecule has 1 aliphatic carbocycles. The summed E-state index contributed by atoms with van der Waals surface area (Å²) in [5.41, 5.74) is -1.44. The Morgan fingerprint density at radius 3 is 2.49 bits per heavy atom. The zero-order valence-corrected chi connectivity index (χ0v) is 18.4. The molecule has 9 nitrogen and oxygen atoms in total. The molecule has 0 unspecified atom stereocenters. The number of alkyl halides is 3. The molecule has 12 heteroatoms. The molecule has 2 heterocycles. The maximum Gasteiger partial charge on any atom is 0.420 e. The highest BCUT2D eigenvalue weighted by Gasteiger charge is 2.51. The molecule has 2 N–H and O–H groups in total. The Morgan fingerprint density at radius 2 is 1.89 bits per heavy atom. The number of aromatic nitrogens is 3. The topological polar surface area (TPSA) is 115 Å². The maximum atomic E-state index is 13.4. The summed E-state index contributed by atoms with van der Waals surface area (Å²) in [4.78, 5) is 29.1. The Hall–Kier alpha value is -4.22. The molecule has 0 saturated heterocycles. The second-order valence-corrected chi connectivity index (χ2v) is 7.77. The van der Waals surface area contributed by atoms with Crippen molar-refractivity contribution in [1.82, 2.24) is 25.8 Å². The van der Waals surface area contributed by atoms with Crippen LogP contribution in [0, 0.1) is 0 Å². The summed E-state index contributed by atoms with van der Waals surface area (Å²) < 4.78 is 50.3. The Kier molecular flexibility index (Phi) is 6.54. The fraction of sp³-hybridized carbons (Fsp3) is 0.261. The molecular weight excluding hydrogens is 467 g/mol. The highest BCUT2D eigenvalue weighted by molar-refractivity contribution is 5.99. The molecule has 0 aliphatic heterocycles. The Labute approximate surface area is 197 Å². The average Bonchev–Trinajstić information content (AvgIpc) is 3.64. The van der Waals surface area contributed by atoms with Crippen molar-refractivity contribution in [1.29, 1.82) is 0 Å². The smallest absolute Gasteiger partial charge is 0.420 e. The highest BCUT2D eigenvalue weighted by Crippen LogP contribution is 2.40. The summed E-state index contributed by atoms with van der Waals surface area (Å²) >= 11 is 0. The van der Waals surface area contributed by atoms with Gasteiger partial charge in [0.2, 0.25) is 5.91 Å². The van der Waals surface area contributed by atoms with Gasteiger partial charge in [0, 0.05) is 6.20 Å². The standard InChI is InChI=1S/C23H20F3N5O4/c1-34-15-6-7-19(17(11-15)23(24,25)26)35-16-5-4-14(27-13-16)12-28-21(33)22(8-9-22)30-20(32)18-3-2-10-29-31-18/h2-7,10-11,13H,8-9,12H2,1H3,(H,28,33)(H,30,32). The monoisotopic (exact) mass is 487 g/mol. The van der Waals surface area contributed by atoms with Crippen molar-refractivity contribution in [3.63, 3.8) is 0 Å². The van der Waals surface area contributed by atoms with E-state index in [4.69, 9.17) is 9.47 Å². The van der Waals surface area contributed by atoms with Crippen LogP contribution in [0.3, 0.4) is 0 Å². The van der Waals surface area contributed by atoms with Crippen molar-refractivity contribution < 1.29 is 32.2 Å². The number of hydrogen-bond acceptors (Lipinski definition) is 7. The van der Waals surface area contributed by atoms with Crippen molar-refractivity contribution in [3.05, 3.63) is 71.8 Å². The van der Waals surface area contributed by atoms with E-state index in [0.717, 1.165) is 6.07 Å². The van der Waals surface area contributed by atoms with Crippen LogP contribution in [0.15, 0.2) is 54.9 Å². The lowest BCUT2D eigenvalue weighted by Gasteiger charge is -2.17. The van der Waals surface area contributed by atoms with Crippen LogP contribution >= 0.6 is 0 Å². The van der Waals surface area contributed by atoms with Crippen LogP contribution in [0.4, 0.5) is 13.2 Å². The van der Waals surface area contributed by atoms with E-state index >= 15 is 0 Å². The lowest BCUT2D eigenvalue weighted by atomic mass is 10.2. The number of halogens is 3. The zero-order valence-electron chi connectivity index (χ0n) is 18.4. The van der Waals surface area contributed by atoms with Crippen molar-refractivity contribution >= 4 is 11.8 Å². The first kappa shape index (κ1) is 23.9. The molecule has 3 aromatic rings. The fourth-order valence-corrected chi connectivity index (χ4v) is 3.23. The van der Waals surface area contributed by atoms with Crippen LogP contribution in [-0.4, -0.2) is 39.6 Å². The SMILES string of the molecule is COc1ccc(Oc2ccc(CNC(=O)C3(NC(=O)c4cccnn4)CC3)nc2)c(C(F)(F)F)c1. The second kappa shape index (κ2) is 9.57. The number of amides is 2. The van der Waals surface area contributed by atoms with Crippen LogP contribution in [-0.2, 0) is 17.5 Å². The van der Waals surface area contributed by atoms with Crippen molar-refractivity contribution in [3.8, 4) is 17.2 Å². The van der Waals surface area contributed by atoms with Gasteiger partial charge in [-0.15, -0.1) is 5.10 Å². The van der Waals surface area contributed by atoms with E-state index < -0.39 is 28.9 Å². The first-order valence-corrected chi connectivity index (χ1v) is 10.5. The minimum atomic E-state index is -4.64. The molecule has 4 rings (SSSR count). The van der Waals surface area contributed by atoms with Crippen molar-refractivity contribution in [2.24, 2.45) is 0 Å². The van der Waals surface area contributed by atoms with E-state index in [2.05, 4.69) is 25.8 Å². The van der Waals surface area contributed by atoms with E-state index in [1.54, 1.807) is 6.07 Å². The number of rotatable bonds is 8. The molecular formula is C23H20F3N5O4. The van der Waals surface area contributed by atoms with Gasteiger partial charge in [-0.25, -0.2) is 0 Å². The number of nitrogens with zero attached hydrogens (tertiary/aromatic N) is 3. The van der Waals surface area contributed by atoms with Gasteiger partial charge in [0.15, 0.2) is 5.69 Å². The lowest BCUT2D eigenvalue weighted by molar-refractivity contribution is -0.138. The molecule has 0 atom stereocenters. The second-order valence-electron chi connectivity index (χ2n) is 7.77. The van der Waals surface area contributed by atoms with Gasteiger partial charge in [0.1, 0.15) is 28.4 Å². The van der Waals surface area contributed by atoms with Crippen LogP contribution in [0.1, 0.15) is 34.6 Å². The third-order valence-electron chi connectivity index (χ3n) is 5.29. The number of methoxy groups -OCH3 is 1. The summed E-state index contributed by atoms with van der Waals surface area (Å²) in [7, 11) is 1.27. The third kappa shape index (κ3) is 5.65. The van der Waals surface area contributed by atoms with Gasteiger partial charge in [-0.05, 0) is 55.3 Å². The molecule has 1 fully saturated rings. The van der Waals surface area contributed by atoms with Crippen LogP contribution < -0.4 is 20.1 Å². The fourth-order valence-electron chi connectivity index (χ4n) is 3.23. The summed E-state index contributed by atoms with van der Waals surface area (Å²) in [5.74, 6) is -1.12. The number of carbonyl (C=O) groups is 2. The predicted molar refractivity (Wildman–Crippen MR) is 116 cm³/mol. The largest absolute Gasteiger partial charge is 0.497 e. The molecule has 35 heavy (non-hydrogen) atoms. The number of ether oxygens (including phenoxy) is 2. The minimum absolute atomic E-state index is 0.0511. The van der Waals surface area contributed by atoms with Crippen LogP contribution in [0.25, 0.3) is 0 Å². The Morgan fingerprint density at radius 1 is 1.11 bits per heavy atom. The maximum absolute atomic E-state index is 13.4. The zero-order chi connectivity index (χ0) is 25.1. The van der Waals surface area contributed by atoms with E-state index in [1.807, 2.05) is 0 Å². The number of pyridine rings is 1. The number of nitrogens with one attached hydrogen (secondary N) is 2. The first-order chi connectivity index (χ1) is 16.7. The summed E-state index contributed by atoms with van der Waals surface area (Å²) in [6.45, 7) is 0.0538. The lowest BCUT2D eigenvalue weighted by Crippen LogP contribution is -2.49. The molecule has 2 aromatic heterocycles.